The van der Waals surface area contributed by atoms with Crippen molar-refractivity contribution < 1.29 is 23.8 Å². The van der Waals surface area contributed by atoms with E-state index in [0.717, 1.165) is 21.3 Å². The van der Waals surface area contributed by atoms with E-state index in [0.29, 0.717) is 40.8 Å². The lowest BCUT2D eigenvalue weighted by atomic mass is 10.0. The van der Waals surface area contributed by atoms with Gasteiger partial charge in [-0.1, -0.05) is 17.4 Å². The number of thiazole rings is 1. The van der Waals surface area contributed by atoms with Gasteiger partial charge in [-0.25, -0.2) is 9.78 Å². The summed E-state index contributed by atoms with van der Waals surface area (Å²) in [6, 6.07) is 6.89. The van der Waals surface area contributed by atoms with Crippen molar-refractivity contribution in [2.45, 2.75) is 45.4 Å². The van der Waals surface area contributed by atoms with E-state index >= 15 is 0 Å². The molecule has 4 aromatic rings. The molecule has 0 bridgehead atoms. The number of nitrogens with one attached hydrogen (secondary N) is 1. The summed E-state index contributed by atoms with van der Waals surface area (Å²) < 4.78 is 19.3. The number of fused-ring (bicyclic) bond motifs is 2. The highest BCUT2D eigenvalue weighted by atomic mass is 32.1. The van der Waals surface area contributed by atoms with Crippen LogP contribution < -0.4 is 19.7 Å². The lowest BCUT2D eigenvalue weighted by Crippen LogP contribution is -2.59. The fraction of sp³-hybridized carbons (Fsp3) is 0.400. The molecular weight excluding hydrogens is 556 g/mol. The molecule has 1 aliphatic heterocycles. The Morgan fingerprint density at radius 3 is 2.57 bits per heavy atom. The highest BCUT2D eigenvalue weighted by Gasteiger charge is 2.37. The van der Waals surface area contributed by atoms with Crippen LogP contribution in [0.1, 0.15) is 38.1 Å². The van der Waals surface area contributed by atoms with Gasteiger partial charge in [0.15, 0.2) is 5.75 Å². The van der Waals surface area contributed by atoms with Crippen molar-refractivity contribution in [1.29, 1.82) is 0 Å². The number of carbonyl (C=O) groups is 2. The first-order chi connectivity index (χ1) is 19.9. The third-order valence-electron chi connectivity index (χ3n) is 7.07. The Hall–Kier alpha value is -4.32. The maximum absolute atomic E-state index is 13.7. The minimum Gasteiger partial charge on any atom is -0.494 e. The van der Waals surface area contributed by atoms with Crippen LogP contribution in [0.4, 0.5) is 16.2 Å². The van der Waals surface area contributed by atoms with Gasteiger partial charge in [-0.05, 0) is 52.0 Å². The number of hydrogen-bond donors (Lipinski definition) is 1. The first-order valence-corrected chi connectivity index (χ1v) is 14.4. The molecular formula is C30H36N6O5S. The zero-order valence-electron chi connectivity index (χ0n) is 24.9. The van der Waals surface area contributed by atoms with Crippen molar-refractivity contribution in [3.05, 3.63) is 48.7 Å². The smallest absolute Gasteiger partial charge is 0.411 e. The molecule has 2 aromatic carbocycles. The number of hydrogen-bond acceptors (Lipinski definition) is 9. The molecule has 1 N–H and O–H groups in total. The van der Waals surface area contributed by atoms with Crippen LogP contribution in [0.3, 0.4) is 0 Å². The van der Waals surface area contributed by atoms with Gasteiger partial charge in [-0.2, -0.15) is 5.10 Å². The van der Waals surface area contributed by atoms with Crippen molar-refractivity contribution in [1.82, 2.24) is 19.7 Å². The van der Waals surface area contributed by atoms with Crippen molar-refractivity contribution >= 4 is 55.8 Å². The Balaban J connectivity index is 1.47. The van der Waals surface area contributed by atoms with Gasteiger partial charge in [-0.15, -0.1) is 6.58 Å². The predicted molar refractivity (Wildman–Crippen MR) is 165 cm³/mol. The van der Waals surface area contributed by atoms with Gasteiger partial charge in [0.1, 0.15) is 11.1 Å². The van der Waals surface area contributed by atoms with E-state index in [1.807, 2.05) is 53.1 Å². The Bertz CT molecular complexity index is 1670. The third-order valence-corrected chi connectivity index (χ3v) is 8.11. The molecule has 0 spiro atoms. The van der Waals surface area contributed by atoms with Crippen LogP contribution in [-0.4, -0.2) is 76.7 Å². The second kappa shape index (κ2) is 11.2. The third kappa shape index (κ3) is 5.46. The highest BCUT2D eigenvalue weighted by molar-refractivity contribution is 7.21. The molecule has 5 rings (SSSR count). The Morgan fingerprint density at radius 1 is 1.14 bits per heavy atom. The van der Waals surface area contributed by atoms with Crippen LogP contribution in [0.25, 0.3) is 21.1 Å². The van der Waals surface area contributed by atoms with Gasteiger partial charge < -0.3 is 24.4 Å². The SMILES string of the molecule is C=C[C@H]1CN(c2ccc(C(=O)Nc3ccc4nn(C)cc4c3OC)c3nc(OC)sc23)C[C@H](C)N1C(=O)OC(C)(C)C. The summed E-state index contributed by atoms with van der Waals surface area (Å²) in [5, 5.41) is 8.65. The molecule has 0 aliphatic carbocycles. The summed E-state index contributed by atoms with van der Waals surface area (Å²) in [7, 11) is 4.96. The molecule has 2 atom stereocenters. The van der Waals surface area contributed by atoms with Crippen molar-refractivity contribution in [2.75, 3.05) is 37.5 Å². The minimum atomic E-state index is -0.602. The lowest BCUT2D eigenvalue weighted by molar-refractivity contribution is 0.00876. The van der Waals surface area contributed by atoms with E-state index in [1.165, 1.54) is 11.3 Å². The predicted octanol–water partition coefficient (Wildman–Crippen LogP) is 5.45. The Morgan fingerprint density at radius 2 is 1.90 bits per heavy atom. The monoisotopic (exact) mass is 592 g/mol. The van der Waals surface area contributed by atoms with E-state index in [-0.39, 0.29) is 24.1 Å². The quantitative estimate of drug-likeness (QED) is 0.294. The molecule has 1 fully saturated rings. The molecule has 11 nitrogen and oxygen atoms in total. The molecule has 2 amide bonds. The Labute approximate surface area is 248 Å². The molecule has 42 heavy (non-hydrogen) atoms. The maximum Gasteiger partial charge on any atom is 0.411 e. The van der Waals surface area contributed by atoms with Crippen LogP contribution >= 0.6 is 11.3 Å². The second-order valence-corrected chi connectivity index (χ2v) is 12.2. The van der Waals surface area contributed by atoms with Crippen LogP contribution in [0.5, 0.6) is 10.9 Å². The van der Waals surface area contributed by atoms with Crippen molar-refractivity contribution in [3.63, 3.8) is 0 Å². The van der Waals surface area contributed by atoms with Gasteiger partial charge in [0.2, 0.25) is 0 Å². The first kappa shape index (κ1) is 29.2. The van der Waals surface area contributed by atoms with Crippen LogP contribution in [-0.2, 0) is 11.8 Å². The fourth-order valence-electron chi connectivity index (χ4n) is 5.32. The minimum absolute atomic E-state index is 0.153. The maximum atomic E-state index is 13.7. The number of piperazine rings is 1. The number of rotatable bonds is 6. The van der Waals surface area contributed by atoms with E-state index in [4.69, 9.17) is 14.2 Å². The zero-order valence-corrected chi connectivity index (χ0v) is 25.7. The number of methoxy groups -OCH3 is 2. The van der Waals surface area contributed by atoms with Gasteiger partial charge in [-0.3, -0.25) is 14.4 Å². The van der Waals surface area contributed by atoms with Crippen LogP contribution in [0.15, 0.2) is 43.1 Å². The van der Waals surface area contributed by atoms with E-state index in [9.17, 15) is 9.59 Å². The molecule has 0 radical (unpaired) electrons. The molecule has 12 heteroatoms. The molecule has 0 unspecified atom stereocenters. The number of aromatic nitrogens is 3. The number of aryl methyl sites for hydroxylation is 1. The topological polar surface area (TPSA) is 111 Å². The van der Waals surface area contributed by atoms with E-state index in [2.05, 4.69) is 26.9 Å². The van der Waals surface area contributed by atoms with E-state index in [1.54, 1.807) is 42.0 Å². The lowest BCUT2D eigenvalue weighted by Gasteiger charge is -2.45. The number of anilines is 2. The summed E-state index contributed by atoms with van der Waals surface area (Å²) in [4.78, 5) is 35.3. The number of ether oxygens (including phenoxy) is 3. The molecule has 222 valence electrons. The standard InChI is InChI=1S/C30H36N6O5S/c1-9-18-15-35(14-17(2)36(18)29(38)41-30(3,4)5)23-13-10-19(24-26(23)42-28(32-24)40-8)27(37)31-22-12-11-21-20(25(22)39-7)16-34(6)33-21/h9-13,16-18H,1,14-15H2,2-8H3,(H,31,37)/t17-,18-/m0/s1. The number of amides is 2. The summed E-state index contributed by atoms with van der Waals surface area (Å²) in [5.41, 5.74) is 2.53. The average Bonchev–Trinajstić information content (AvgIpc) is 3.53. The summed E-state index contributed by atoms with van der Waals surface area (Å²) in [6.45, 7) is 12.6. The fourth-order valence-corrected chi connectivity index (χ4v) is 6.27. The van der Waals surface area contributed by atoms with E-state index < -0.39 is 5.60 Å². The average molecular weight is 593 g/mol. The summed E-state index contributed by atoms with van der Waals surface area (Å²) >= 11 is 1.37. The first-order valence-electron chi connectivity index (χ1n) is 13.6. The molecule has 2 aromatic heterocycles. The zero-order chi connectivity index (χ0) is 30.3. The highest BCUT2D eigenvalue weighted by Crippen LogP contribution is 2.40. The molecule has 0 saturated carbocycles. The summed E-state index contributed by atoms with van der Waals surface area (Å²) in [5.74, 6) is 0.207. The van der Waals surface area contributed by atoms with Crippen molar-refractivity contribution in [2.24, 2.45) is 7.05 Å². The Kier molecular flexibility index (Phi) is 7.76. The van der Waals surface area contributed by atoms with Gasteiger partial charge in [0.05, 0.1) is 58.8 Å². The summed E-state index contributed by atoms with van der Waals surface area (Å²) in [6.07, 6.45) is 3.25. The largest absolute Gasteiger partial charge is 0.494 e. The molecule has 3 heterocycles. The van der Waals surface area contributed by atoms with Crippen molar-refractivity contribution in [3.8, 4) is 10.9 Å². The van der Waals surface area contributed by atoms with Crippen LogP contribution in [0.2, 0.25) is 0 Å². The number of nitrogens with zero attached hydrogens (tertiary/aromatic N) is 5. The number of benzene rings is 2. The van der Waals surface area contributed by atoms with Gasteiger partial charge >= 0.3 is 6.09 Å². The normalized spacial score (nSPS) is 17.4. The van der Waals surface area contributed by atoms with Gasteiger partial charge in [0.25, 0.3) is 11.1 Å². The van der Waals surface area contributed by atoms with Gasteiger partial charge in [0, 0.05) is 26.3 Å². The second-order valence-electron chi connectivity index (χ2n) is 11.3. The molecule has 1 saturated heterocycles. The van der Waals surface area contributed by atoms with Crippen LogP contribution in [0, 0.1) is 0 Å². The number of carbonyl (C=O) groups excluding carboxylic acids is 2. The molecule has 1 aliphatic rings.